The fourth-order valence-electron chi connectivity index (χ4n) is 4.10. The molecule has 0 spiro atoms. The second-order valence-electron chi connectivity index (χ2n) is 7.06. The number of aromatic nitrogens is 1. The summed E-state index contributed by atoms with van der Waals surface area (Å²) in [5.74, 6) is -0.204. The van der Waals surface area contributed by atoms with Crippen molar-refractivity contribution in [2.45, 2.75) is 50.7 Å². The van der Waals surface area contributed by atoms with Gasteiger partial charge in [0, 0.05) is 31.0 Å². The second kappa shape index (κ2) is 7.16. The van der Waals surface area contributed by atoms with Crippen molar-refractivity contribution in [2.24, 2.45) is 0 Å². The third-order valence-electron chi connectivity index (χ3n) is 5.42. The molecule has 2 aromatic rings. The van der Waals surface area contributed by atoms with Gasteiger partial charge in [-0.05, 0) is 54.9 Å². The molecule has 0 amide bonds. The highest BCUT2D eigenvalue weighted by atomic mass is 32.1. The first-order valence-electron chi connectivity index (χ1n) is 9.20. The number of benzene rings is 1. The molecular weight excluding hydrogens is 333 g/mol. The Hall–Kier alpha value is -1.88. The molecule has 1 aromatic carbocycles. The van der Waals surface area contributed by atoms with Crippen molar-refractivity contribution in [3.63, 3.8) is 0 Å². The molecular formula is C20H24FN3S. The van der Waals surface area contributed by atoms with Gasteiger partial charge in [0.05, 0.1) is 6.04 Å². The van der Waals surface area contributed by atoms with E-state index < -0.39 is 0 Å². The van der Waals surface area contributed by atoms with Crippen molar-refractivity contribution in [2.75, 3.05) is 6.54 Å². The van der Waals surface area contributed by atoms with Gasteiger partial charge in [0.25, 0.3) is 0 Å². The zero-order chi connectivity index (χ0) is 17.2. The maximum atomic E-state index is 13.4. The van der Waals surface area contributed by atoms with Crippen LogP contribution in [-0.2, 0) is 6.54 Å². The number of halogens is 1. The second-order valence-corrected chi connectivity index (χ2v) is 7.45. The number of rotatable bonds is 2. The van der Waals surface area contributed by atoms with Gasteiger partial charge in [0.2, 0.25) is 0 Å². The molecule has 1 saturated carbocycles. The van der Waals surface area contributed by atoms with Gasteiger partial charge >= 0.3 is 0 Å². The van der Waals surface area contributed by atoms with E-state index >= 15 is 0 Å². The summed E-state index contributed by atoms with van der Waals surface area (Å²) in [5.41, 5.74) is 2.29. The topological polar surface area (TPSA) is 20.2 Å². The highest BCUT2D eigenvalue weighted by Gasteiger charge is 2.31. The standard InChI is InChI=1S/C20H24FN3S/c21-16-10-8-15(9-11-16)19-18-7-4-12-23(18)13-14-24(19)20(25)22-17-5-2-1-3-6-17/h4,7-12,17,19H,1-3,5-6,13-14H2,(H,22,25). The van der Waals surface area contributed by atoms with Crippen LogP contribution >= 0.6 is 12.2 Å². The zero-order valence-corrected chi connectivity index (χ0v) is 15.1. The first-order valence-corrected chi connectivity index (χ1v) is 9.61. The Balaban J connectivity index is 1.61. The summed E-state index contributed by atoms with van der Waals surface area (Å²) in [6, 6.07) is 11.6. The first kappa shape index (κ1) is 16.6. The van der Waals surface area contributed by atoms with Gasteiger partial charge in [-0.15, -0.1) is 0 Å². The average Bonchev–Trinajstić information content (AvgIpc) is 3.11. The van der Waals surface area contributed by atoms with Crippen LogP contribution in [0.4, 0.5) is 4.39 Å². The van der Waals surface area contributed by atoms with Gasteiger partial charge in [0.1, 0.15) is 5.82 Å². The summed E-state index contributed by atoms with van der Waals surface area (Å²) in [4.78, 5) is 2.27. The molecule has 25 heavy (non-hydrogen) atoms. The molecule has 3 nitrogen and oxygen atoms in total. The van der Waals surface area contributed by atoms with E-state index in [2.05, 4.69) is 33.1 Å². The number of hydrogen-bond acceptors (Lipinski definition) is 1. The van der Waals surface area contributed by atoms with Crippen molar-refractivity contribution in [1.29, 1.82) is 0 Å². The fourth-order valence-corrected chi connectivity index (χ4v) is 4.47. The number of nitrogens with zero attached hydrogens (tertiary/aromatic N) is 2. The normalized spacial score (nSPS) is 21.0. The summed E-state index contributed by atoms with van der Waals surface area (Å²) in [7, 11) is 0. The lowest BCUT2D eigenvalue weighted by Crippen LogP contribution is -2.50. The molecule has 2 heterocycles. The van der Waals surface area contributed by atoms with E-state index in [-0.39, 0.29) is 11.9 Å². The first-order chi connectivity index (χ1) is 12.2. The Kier molecular flexibility index (Phi) is 4.75. The summed E-state index contributed by atoms with van der Waals surface area (Å²) >= 11 is 5.79. The smallest absolute Gasteiger partial charge is 0.170 e. The van der Waals surface area contributed by atoms with E-state index in [1.807, 2.05) is 12.1 Å². The Morgan fingerprint density at radius 2 is 1.80 bits per heavy atom. The predicted molar refractivity (Wildman–Crippen MR) is 102 cm³/mol. The third-order valence-corrected chi connectivity index (χ3v) is 5.77. The number of hydrogen-bond donors (Lipinski definition) is 1. The maximum absolute atomic E-state index is 13.4. The maximum Gasteiger partial charge on any atom is 0.170 e. The fraction of sp³-hybridized carbons (Fsp3) is 0.450. The number of thiocarbonyl (C=S) groups is 1. The molecule has 4 rings (SSSR count). The lowest BCUT2D eigenvalue weighted by molar-refractivity contribution is 0.278. The van der Waals surface area contributed by atoms with Crippen LogP contribution in [0, 0.1) is 5.82 Å². The van der Waals surface area contributed by atoms with Crippen LogP contribution in [0.15, 0.2) is 42.6 Å². The van der Waals surface area contributed by atoms with Crippen LogP contribution in [0.2, 0.25) is 0 Å². The van der Waals surface area contributed by atoms with Gasteiger partial charge < -0.3 is 14.8 Å². The molecule has 1 fully saturated rings. The van der Waals surface area contributed by atoms with Gasteiger partial charge in [-0.1, -0.05) is 31.4 Å². The molecule has 1 aliphatic carbocycles. The van der Waals surface area contributed by atoms with Crippen molar-refractivity contribution in [3.8, 4) is 0 Å². The Morgan fingerprint density at radius 3 is 2.56 bits per heavy atom. The Morgan fingerprint density at radius 1 is 1.04 bits per heavy atom. The molecule has 0 bridgehead atoms. The molecule has 1 aromatic heterocycles. The van der Waals surface area contributed by atoms with Crippen LogP contribution in [0.1, 0.15) is 49.4 Å². The van der Waals surface area contributed by atoms with Crippen LogP contribution in [0.5, 0.6) is 0 Å². The highest BCUT2D eigenvalue weighted by molar-refractivity contribution is 7.80. The van der Waals surface area contributed by atoms with Gasteiger partial charge in [-0.3, -0.25) is 0 Å². The summed E-state index contributed by atoms with van der Waals surface area (Å²) in [5, 5.41) is 4.42. The van der Waals surface area contributed by atoms with Crippen LogP contribution < -0.4 is 5.32 Å². The average molecular weight is 357 g/mol. The minimum atomic E-state index is -0.204. The quantitative estimate of drug-likeness (QED) is 0.812. The lowest BCUT2D eigenvalue weighted by Gasteiger charge is -2.40. The van der Waals surface area contributed by atoms with Gasteiger partial charge in [-0.25, -0.2) is 4.39 Å². The Bertz CT molecular complexity index is 734. The predicted octanol–water partition coefficient (Wildman–Crippen LogP) is 4.24. The van der Waals surface area contributed by atoms with E-state index in [4.69, 9.17) is 12.2 Å². The van der Waals surface area contributed by atoms with E-state index in [0.29, 0.717) is 6.04 Å². The molecule has 0 radical (unpaired) electrons. The SMILES string of the molecule is Fc1ccc(C2c3cccn3CCN2C(=S)NC2CCCCC2)cc1. The van der Waals surface area contributed by atoms with Crippen LogP contribution in [0.25, 0.3) is 0 Å². The van der Waals surface area contributed by atoms with Crippen molar-refractivity contribution < 1.29 is 4.39 Å². The van der Waals surface area contributed by atoms with Gasteiger partial charge in [-0.2, -0.15) is 0 Å². The van der Waals surface area contributed by atoms with Crippen molar-refractivity contribution >= 4 is 17.3 Å². The highest BCUT2D eigenvalue weighted by Crippen LogP contribution is 2.33. The van der Waals surface area contributed by atoms with E-state index in [9.17, 15) is 4.39 Å². The molecule has 1 aliphatic heterocycles. The van der Waals surface area contributed by atoms with Crippen LogP contribution in [-0.4, -0.2) is 27.2 Å². The largest absolute Gasteiger partial charge is 0.360 e. The van der Waals surface area contributed by atoms with Crippen molar-refractivity contribution in [3.05, 3.63) is 59.7 Å². The molecule has 1 unspecified atom stereocenters. The zero-order valence-electron chi connectivity index (χ0n) is 14.3. The van der Waals surface area contributed by atoms with Gasteiger partial charge in [0.15, 0.2) is 5.11 Å². The van der Waals surface area contributed by atoms with E-state index in [1.165, 1.54) is 49.9 Å². The Labute approximate surface area is 153 Å². The molecule has 1 atom stereocenters. The molecule has 1 N–H and O–H groups in total. The lowest BCUT2D eigenvalue weighted by atomic mass is 9.95. The summed E-state index contributed by atoms with van der Waals surface area (Å²) in [6.45, 7) is 1.79. The minimum Gasteiger partial charge on any atom is -0.360 e. The molecule has 5 heteroatoms. The summed E-state index contributed by atoms with van der Waals surface area (Å²) < 4.78 is 15.7. The van der Waals surface area contributed by atoms with Crippen molar-refractivity contribution in [1.82, 2.24) is 14.8 Å². The monoisotopic (exact) mass is 357 g/mol. The molecule has 0 saturated heterocycles. The molecule has 2 aliphatic rings. The number of nitrogens with one attached hydrogen (secondary N) is 1. The summed E-state index contributed by atoms with van der Waals surface area (Å²) in [6.07, 6.45) is 8.41. The third kappa shape index (κ3) is 3.43. The van der Waals surface area contributed by atoms with Crippen LogP contribution in [0.3, 0.4) is 0 Å². The minimum absolute atomic E-state index is 0.0351. The number of fused-ring (bicyclic) bond motifs is 1. The van der Waals surface area contributed by atoms with E-state index in [0.717, 1.165) is 23.8 Å². The van der Waals surface area contributed by atoms with E-state index in [1.54, 1.807) is 0 Å². The molecule has 132 valence electrons.